The van der Waals surface area contributed by atoms with Crippen molar-refractivity contribution in [2.45, 2.75) is 25.8 Å². The number of halogens is 2. The average Bonchev–Trinajstić information content (AvgIpc) is 2.83. The van der Waals surface area contributed by atoms with E-state index in [0.29, 0.717) is 16.2 Å². The van der Waals surface area contributed by atoms with Gasteiger partial charge < -0.3 is 5.32 Å². The summed E-state index contributed by atoms with van der Waals surface area (Å²) in [4.78, 5) is 4.08. The van der Waals surface area contributed by atoms with Crippen molar-refractivity contribution >= 4 is 33.8 Å². The molecule has 1 N–H and O–H groups in total. The molecule has 2 rings (SSSR count). The zero-order chi connectivity index (χ0) is 13.1. The molecule has 1 unspecified atom stereocenters. The van der Waals surface area contributed by atoms with Gasteiger partial charge in [-0.15, -0.1) is 0 Å². The monoisotopic (exact) mass is 282 g/mol. The Morgan fingerprint density at radius 3 is 2.89 bits per heavy atom. The molecule has 1 aromatic rings. The number of allylic oxidation sites excluding steroid dienone is 1. The number of nitrogens with one attached hydrogen (secondary N) is 1. The second-order valence-corrected chi connectivity index (χ2v) is 5.19. The summed E-state index contributed by atoms with van der Waals surface area (Å²) in [5.74, 6) is 0. The predicted octanol–water partition coefficient (Wildman–Crippen LogP) is 4.10. The van der Waals surface area contributed by atoms with Crippen LogP contribution in [-0.4, -0.2) is 17.6 Å². The van der Waals surface area contributed by atoms with E-state index in [0.717, 1.165) is 24.1 Å². The predicted molar refractivity (Wildman–Crippen MR) is 78.8 cm³/mol. The Kier molecular flexibility index (Phi) is 4.44. The molecule has 96 valence electrons. The minimum atomic E-state index is 0.364. The lowest BCUT2D eigenvalue weighted by atomic mass is 9.94. The second-order valence-electron chi connectivity index (χ2n) is 4.35. The first kappa shape index (κ1) is 13.6. The van der Waals surface area contributed by atoms with E-state index in [1.807, 2.05) is 13.0 Å². The minimum Gasteiger partial charge on any atom is -0.310 e. The summed E-state index contributed by atoms with van der Waals surface area (Å²) >= 11 is 12.0. The first-order valence-electron chi connectivity index (χ1n) is 6.03. The summed E-state index contributed by atoms with van der Waals surface area (Å²) in [7, 11) is 0. The van der Waals surface area contributed by atoms with Crippen molar-refractivity contribution in [3.8, 4) is 0 Å². The van der Waals surface area contributed by atoms with Gasteiger partial charge in [-0.05, 0) is 43.5 Å². The van der Waals surface area contributed by atoms with Gasteiger partial charge in [0, 0.05) is 22.8 Å². The lowest BCUT2D eigenvalue weighted by molar-refractivity contribution is 0.742. The Morgan fingerprint density at radius 1 is 1.56 bits per heavy atom. The van der Waals surface area contributed by atoms with Crippen LogP contribution in [0.3, 0.4) is 0 Å². The Morgan fingerprint density at radius 2 is 2.33 bits per heavy atom. The Labute approximate surface area is 118 Å². The molecule has 0 saturated carbocycles. The second kappa shape index (κ2) is 5.87. The molecule has 2 heterocycles. The van der Waals surface area contributed by atoms with Crippen molar-refractivity contribution in [3.63, 3.8) is 0 Å². The van der Waals surface area contributed by atoms with Crippen LogP contribution in [0.5, 0.6) is 0 Å². The van der Waals surface area contributed by atoms with Gasteiger partial charge in [0.25, 0.3) is 0 Å². The summed E-state index contributed by atoms with van der Waals surface area (Å²) in [6.07, 6.45) is 6.12. The molecule has 0 amide bonds. The number of rotatable bonds is 3. The lowest BCUT2D eigenvalue weighted by Crippen LogP contribution is -2.23. The zero-order valence-corrected chi connectivity index (χ0v) is 11.9. The van der Waals surface area contributed by atoms with Crippen LogP contribution < -0.4 is 5.32 Å². The summed E-state index contributed by atoms with van der Waals surface area (Å²) < 4.78 is 0. The van der Waals surface area contributed by atoms with Gasteiger partial charge in [0.1, 0.15) is 5.15 Å². The fourth-order valence-electron chi connectivity index (χ4n) is 2.38. The van der Waals surface area contributed by atoms with Gasteiger partial charge in [0.2, 0.25) is 0 Å². The van der Waals surface area contributed by atoms with Crippen molar-refractivity contribution in [2.75, 3.05) is 6.54 Å². The van der Waals surface area contributed by atoms with Gasteiger partial charge in [-0.3, -0.25) is 0 Å². The van der Waals surface area contributed by atoms with Crippen LogP contribution in [0.4, 0.5) is 0 Å². The molecular formula is C14H16Cl2N2. The minimum absolute atomic E-state index is 0.364. The quantitative estimate of drug-likeness (QED) is 0.845. The standard InChI is InChI=1S/C14H16Cl2N2/c1-3-10(13-5-4-6-17-13)11-7-14(16)18-8-12(11)9(2)15/h3,7-8,13,17H,2,4-6H2,1H3/b10-3+. The van der Waals surface area contributed by atoms with Crippen LogP contribution in [0.1, 0.15) is 30.9 Å². The first-order valence-corrected chi connectivity index (χ1v) is 6.79. The number of pyridine rings is 1. The van der Waals surface area contributed by atoms with E-state index in [-0.39, 0.29) is 0 Å². The zero-order valence-electron chi connectivity index (χ0n) is 10.3. The summed E-state index contributed by atoms with van der Waals surface area (Å²) in [6.45, 7) is 6.88. The maximum absolute atomic E-state index is 6.04. The maximum atomic E-state index is 6.04. The van der Waals surface area contributed by atoms with E-state index >= 15 is 0 Å². The van der Waals surface area contributed by atoms with E-state index in [9.17, 15) is 0 Å². The molecule has 1 aliphatic rings. The van der Waals surface area contributed by atoms with Crippen LogP contribution >= 0.6 is 23.2 Å². The summed E-state index contributed by atoms with van der Waals surface area (Å²) in [6, 6.07) is 2.22. The molecule has 2 nitrogen and oxygen atoms in total. The Bertz CT molecular complexity index is 489. The van der Waals surface area contributed by atoms with Crippen LogP contribution in [0.15, 0.2) is 24.9 Å². The van der Waals surface area contributed by atoms with E-state index in [1.54, 1.807) is 6.20 Å². The van der Waals surface area contributed by atoms with Crippen molar-refractivity contribution in [1.29, 1.82) is 0 Å². The molecule has 1 atom stereocenters. The van der Waals surface area contributed by atoms with Crippen molar-refractivity contribution in [2.24, 2.45) is 0 Å². The van der Waals surface area contributed by atoms with Gasteiger partial charge in [0.05, 0.1) is 0 Å². The van der Waals surface area contributed by atoms with Gasteiger partial charge >= 0.3 is 0 Å². The highest BCUT2D eigenvalue weighted by molar-refractivity contribution is 6.48. The van der Waals surface area contributed by atoms with E-state index in [2.05, 4.69) is 23.0 Å². The van der Waals surface area contributed by atoms with Crippen LogP contribution in [0, 0.1) is 0 Å². The summed E-state index contributed by atoms with van der Waals surface area (Å²) in [5, 5.41) is 4.46. The molecule has 1 aliphatic heterocycles. The van der Waals surface area contributed by atoms with Crippen molar-refractivity contribution in [3.05, 3.63) is 41.2 Å². The third-order valence-corrected chi connectivity index (χ3v) is 3.63. The average molecular weight is 283 g/mol. The molecule has 0 aliphatic carbocycles. The van der Waals surface area contributed by atoms with Gasteiger partial charge in [0.15, 0.2) is 0 Å². The van der Waals surface area contributed by atoms with E-state index in [1.165, 1.54) is 12.0 Å². The third-order valence-electron chi connectivity index (χ3n) is 3.22. The third kappa shape index (κ3) is 2.77. The Balaban J connectivity index is 2.46. The molecular weight excluding hydrogens is 267 g/mol. The molecule has 0 aromatic carbocycles. The highest BCUT2D eigenvalue weighted by Gasteiger charge is 2.22. The molecule has 4 heteroatoms. The fraction of sp³-hybridized carbons (Fsp3) is 0.357. The van der Waals surface area contributed by atoms with E-state index < -0.39 is 0 Å². The number of aromatic nitrogens is 1. The van der Waals surface area contributed by atoms with Gasteiger partial charge in [-0.2, -0.15) is 0 Å². The van der Waals surface area contributed by atoms with Crippen LogP contribution in [-0.2, 0) is 0 Å². The molecule has 1 aromatic heterocycles. The van der Waals surface area contributed by atoms with Crippen molar-refractivity contribution < 1.29 is 0 Å². The molecule has 18 heavy (non-hydrogen) atoms. The topological polar surface area (TPSA) is 24.9 Å². The molecule has 0 spiro atoms. The van der Waals surface area contributed by atoms with Crippen LogP contribution in [0.2, 0.25) is 5.15 Å². The largest absolute Gasteiger partial charge is 0.310 e. The molecule has 0 bridgehead atoms. The van der Waals surface area contributed by atoms with E-state index in [4.69, 9.17) is 23.2 Å². The Hall–Kier alpha value is -0.830. The number of hydrogen-bond donors (Lipinski definition) is 1. The SMILES string of the molecule is C=C(Cl)c1cnc(Cl)cc1/C(=C\C)C1CCCN1. The number of nitrogens with zero attached hydrogens (tertiary/aromatic N) is 1. The van der Waals surface area contributed by atoms with Crippen LogP contribution in [0.25, 0.3) is 10.6 Å². The first-order chi connectivity index (χ1) is 8.63. The summed E-state index contributed by atoms with van der Waals surface area (Å²) in [5.41, 5.74) is 3.09. The normalized spacial score (nSPS) is 20.2. The highest BCUT2D eigenvalue weighted by Crippen LogP contribution is 2.32. The molecule has 1 fully saturated rings. The highest BCUT2D eigenvalue weighted by atomic mass is 35.5. The van der Waals surface area contributed by atoms with Crippen molar-refractivity contribution in [1.82, 2.24) is 10.3 Å². The molecule has 0 radical (unpaired) electrons. The molecule has 1 saturated heterocycles. The lowest BCUT2D eigenvalue weighted by Gasteiger charge is -2.18. The smallest absolute Gasteiger partial charge is 0.129 e. The number of hydrogen-bond acceptors (Lipinski definition) is 2. The van der Waals surface area contributed by atoms with Gasteiger partial charge in [-0.25, -0.2) is 4.98 Å². The van der Waals surface area contributed by atoms with Gasteiger partial charge in [-0.1, -0.05) is 35.9 Å². The maximum Gasteiger partial charge on any atom is 0.129 e. The fourth-order valence-corrected chi connectivity index (χ4v) is 2.69.